The Balaban J connectivity index is 2.40. The number of carbonyl (C=O) groups excluding carboxylic acids is 1. The van der Waals surface area contributed by atoms with Crippen LogP contribution in [0, 0.1) is 0 Å². The third-order valence-corrected chi connectivity index (χ3v) is 1.63. The third kappa shape index (κ3) is 4.63. The minimum Gasteiger partial charge on any atom is -0.458 e. The minimum atomic E-state index is -4.38. The molecule has 0 fully saturated rings. The number of halogens is 3. The third-order valence-electron chi connectivity index (χ3n) is 1.63. The van der Waals surface area contributed by atoms with Crippen LogP contribution in [0.1, 0.15) is 10.4 Å². The number of alkyl halides is 3. The fraction of sp³-hybridized carbons (Fsp3) is 0.182. The molecule has 0 N–H and O–H groups in total. The van der Waals surface area contributed by atoms with Crippen molar-refractivity contribution in [1.82, 2.24) is 0 Å². The molecule has 86 valence electrons. The summed E-state index contributed by atoms with van der Waals surface area (Å²) in [6.07, 6.45) is -3.59. The maximum atomic E-state index is 11.7. The van der Waals surface area contributed by atoms with Crippen molar-refractivity contribution in [3.63, 3.8) is 0 Å². The molecule has 0 saturated heterocycles. The molecule has 2 nitrogen and oxygen atoms in total. The second kappa shape index (κ2) is 5.34. The first-order chi connectivity index (χ1) is 7.49. The maximum Gasteiger partial charge on any atom is 0.409 e. The Labute approximate surface area is 90.3 Å². The van der Waals surface area contributed by atoms with E-state index in [1.165, 1.54) is 12.1 Å². The monoisotopic (exact) mass is 230 g/mol. The van der Waals surface area contributed by atoms with Crippen molar-refractivity contribution in [2.75, 3.05) is 6.61 Å². The summed E-state index contributed by atoms with van der Waals surface area (Å²) in [5.41, 5.74) is 0.308. The van der Waals surface area contributed by atoms with Gasteiger partial charge in [-0.1, -0.05) is 18.2 Å². The van der Waals surface area contributed by atoms with E-state index in [0.29, 0.717) is 5.56 Å². The Bertz CT molecular complexity index is 369. The zero-order valence-electron chi connectivity index (χ0n) is 8.20. The van der Waals surface area contributed by atoms with Crippen molar-refractivity contribution in [3.8, 4) is 0 Å². The van der Waals surface area contributed by atoms with E-state index in [-0.39, 0.29) is 6.08 Å². The number of hydrogen-bond acceptors (Lipinski definition) is 2. The van der Waals surface area contributed by atoms with Crippen LogP contribution in [0.4, 0.5) is 13.2 Å². The zero-order chi connectivity index (χ0) is 12.0. The van der Waals surface area contributed by atoms with Crippen LogP contribution in [0.25, 0.3) is 0 Å². The summed E-state index contributed by atoms with van der Waals surface area (Å²) in [5, 5.41) is 0. The van der Waals surface area contributed by atoms with Crippen LogP contribution in [0.3, 0.4) is 0 Å². The number of hydrogen-bond donors (Lipinski definition) is 0. The van der Waals surface area contributed by atoms with Crippen LogP contribution < -0.4 is 0 Å². The van der Waals surface area contributed by atoms with Crippen molar-refractivity contribution < 1.29 is 22.7 Å². The Morgan fingerprint density at radius 1 is 1.25 bits per heavy atom. The van der Waals surface area contributed by atoms with Crippen molar-refractivity contribution >= 4 is 5.97 Å². The summed E-state index contributed by atoms with van der Waals surface area (Å²) < 4.78 is 39.6. The Hall–Kier alpha value is -1.78. The first kappa shape index (κ1) is 12.3. The van der Waals surface area contributed by atoms with Gasteiger partial charge in [0.2, 0.25) is 0 Å². The molecule has 0 saturated carbocycles. The topological polar surface area (TPSA) is 26.3 Å². The molecular weight excluding hydrogens is 221 g/mol. The highest BCUT2D eigenvalue weighted by atomic mass is 19.4. The van der Waals surface area contributed by atoms with E-state index in [1.807, 2.05) is 0 Å². The van der Waals surface area contributed by atoms with Crippen LogP contribution >= 0.6 is 0 Å². The molecule has 1 aromatic rings. The lowest BCUT2D eigenvalue weighted by atomic mass is 10.2. The lowest BCUT2D eigenvalue weighted by Gasteiger charge is -2.01. The van der Waals surface area contributed by atoms with Gasteiger partial charge in [-0.25, -0.2) is 4.79 Å². The summed E-state index contributed by atoms with van der Waals surface area (Å²) in [6.45, 7) is -0.396. The molecule has 0 amide bonds. The van der Waals surface area contributed by atoms with Gasteiger partial charge in [0, 0.05) is 6.08 Å². The van der Waals surface area contributed by atoms with E-state index in [1.54, 1.807) is 18.2 Å². The van der Waals surface area contributed by atoms with Crippen LogP contribution in [-0.2, 0) is 4.74 Å². The molecule has 16 heavy (non-hydrogen) atoms. The molecule has 0 radical (unpaired) electrons. The second-order valence-electron chi connectivity index (χ2n) is 2.91. The Kier molecular flexibility index (Phi) is 4.10. The van der Waals surface area contributed by atoms with Crippen LogP contribution in [-0.4, -0.2) is 18.8 Å². The lowest BCUT2D eigenvalue weighted by Crippen LogP contribution is -2.06. The van der Waals surface area contributed by atoms with Crippen molar-refractivity contribution in [2.24, 2.45) is 0 Å². The molecule has 0 aliphatic heterocycles. The SMILES string of the molecule is O=C(OC/C=C/C(F)(F)F)c1ccccc1. The second-order valence-corrected chi connectivity index (χ2v) is 2.91. The number of rotatable bonds is 3. The Morgan fingerprint density at radius 3 is 2.44 bits per heavy atom. The highest BCUT2D eigenvalue weighted by Gasteiger charge is 2.21. The molecule has 0 unspecified atom stereocenters. The van der Waals surface area contributed by atoms with Gasteiger partial charge in [-0.2, -0.15) is 13.2 Å². The highest BCUT2D eigenvalue weighted by molar-refractivity contribution is 5.89. The average Bonchev–Trinajstić information content (AvgIpc) is 2.24. The summed E-state index contributed by atoms with van der Waals surface area (Å²) in [6, 6.07) is 8.05. The van der Waals surface area contributed by atoms with Gasteiger partial charge < -0.3 is 4.74 Å². The average molecular weight is 230 g/mol. The molecule has 0 aliphatic rings. The van der Waals surface area contributed by atoms with Gasteiger partial charge in [-0.15, -0.1) is 0 Å². The van der Waals surface area contributed by atoms with E-state index in [9.17, 15) is 18.0 Å². The summed E-state index contributed by atoms with van der Waals surface area (Å²) in [4.78, 5) is 11.2. The van der Waals surface area contributed by atoms with Gasteiger partial charge in [0.1, 0.15) is 6.61 Å². The minimum absolute atomic E-state index is 0.0330. The molecule has 0 atom stereocenters. The molecule has 0 heterocycles. The van der Waals surface area contributed by atoms with E-state index in [2.05, 4.69) is 4.74 Å². The molecule has 0 spiro atoms. The fourth-order valence-electron chi connectivity index (χ4n) is 0.963. The summed E-state index contributed by atoms with van der Waals surface area (Å²) in [7, 11) is 0. The fourth-order valence-corrected chi connectivity index (χ4v) is 0.963. The molecular formula is C11H9F3O2. The van der Waals surface area contributed by atoms with E-state index < -0.39 is 18.8 Å². The van der Waals surface area contributed by atoms with E-state index in [4.69, 9.17) is 0 Å². The van der Waals surface area contributed by atoms with Crippen molar-refractivity contribution in [2.45, 2.75) is 6.18 Å². The molecule has 0 bridgehead atoms. The predicted octanol–water partition coefficient (Wildman–Crippen LogP) is 2.96. The number of allylic oxidation sites excluding steroid dienone is 1. The van der Waals surface area contributed by atoms with Crippen LogP contribution in [0.5, 0.6) is 0 Å². The van der Waals surface area contributed by atoms with Gasteiger partial charge in [0.15, 0.2) is 0 Å². The standard InChI is InChI=1S/C11H9F3O2/c12-11(13,14)7-4-8-16-10(15)9-5-2-1-3-6-9/h1-7H,8H2/b7-4+. The van der Waals surface area contributed by atoms with E-state index >= 15 is 0 Å². The highest BCUT2D eigenvalue weighted by Crippen LogP contribution is 2.15. The molecule has 1 aromatic carbocycles. The van der Waals surface area contributed by atoms with Gasteiger partial charge in [0.25, 0.3) is 0 Å². The Morgan fingerprint density at radius 2 is 1.88 bits per heavy atom. The number of benzene rings is 1. The van der Waals surface area contributed by atoms with Gasteiger partial charge in [-0.3, -0.25) is 0 Å². The summed E-state index contributed by atoms with van der Waals surface area (Å²) >= 11 is 0. The number of esters is 1. The number of ether oxygens (including phenoxy) is 1. The normalized spacial score (nSPS) is 11.7. The molecule has 0 aliphatic carbocycles. The first-order valence-electron chi connectivity index (χ1n) is 4.45. The predicted molar refractivity (Wildman–Crippen MR) is 51.9 cm³/mol. The van der Waals surface area contributed by atoms with E-state index in [0.717, 1.165) is 6.08 Å². The van der Waals surface area contributed by atoms with Crippen molar-refractivity contribution in [1.29, 1.82) is 0 Å². The van der Waals surface area contributed by atoms with Gasteiger partial charge in [-0.05, 0) is 18.2 Å². The van der Waals surface area contributed by atoms with Crippen LogP contribution in [0.2, 0.25) is 0 Å². The molecule has 0 aromatic heterocycles. The number of carbonyl (C=O) groups is 1. The zero-order valence-corrected chi connectivity index (χ0v) is 8.20. The smallest absolute Gasteiger partial charge is 0.409 e. The van der Waals surface area contributed by atoms with Crippen LogP contribution in [0.15, 0.2) is 42.5 Å². The molecule has 1 rings (SSSR count). The van der Waals surface area contributed by atoms with Gasteiger partial charge in [0.05, 0.1) is 5.56 Å². The largest absolute Gasteiger partial charge is 0.458 e. The summed E-state index contributed by atoms with van der Waals surface area (Å²) in [5.74, 6) is -0.646. The lowest BCUT2D eigenvalue weighted by molar-refractivity contribution is -0.0802. The molecule has 5 heteroatoms. The van der Waals surface area contributed by atoms with Gasteiger partial charge >= 0.3 is 12.1 Å². The quantitative estimate of drug-likeness (QED) is 0.589. The maximum absolute atomic E-state index is 11.7. The first-order valence-corrected chi connectivity index (χ1v) is 4.45. The van der Waals surface area contributed by atoms with Crippen molar-refractivity contribution in [3.05, 3.63) is 48.0 Å².